The maximum atomic E-state index is 13.3. The van der Waals surface area contributed by atoms with E-state index in [2.05, 4.69) is 9.88 Å². The number of amides is 2. The lowest BCUT2D eigenvalue weighted by atomic mass is 9.55. The van der Waals surface area contributed by atoms with Crippen molar-refractivity contribution in [3.05, 3.63) is 62.6 Å². The Hall–Kier alpha value is -3.17. The number of H-pyrrole nitrogens is 1. The molecule has 1 saturated carbocycles. The number of aromatic nitrogens is 1. The van der Waals surface area contributed by atoms with E-state index >= 15 is 0 Å². The summed E-state index contributed by atoms with van der Waals surface area (Å²) in [5.74, 6) is -0.893. The Balaban J connectivity index is 1.35. The number of nitrogens with two attached hydrogens (primary N) is 1. The van der Waals surface area contributed by atoms with Crippen LogP contribution in [0.5, 0.6) is 5.75 Å². The van der Waals surface area contributed by atoms with Gasteiger partial charge in [0, 0.05) is 42.5 Å². The molecule has 1 aromatic heterocycles. The van der Waals surface area contributed by atoms with Crippen LogP contribution in [0.3, 0.4) is 0 Å². The van der Waals surface area contributed by atoms with Crippen LogP contribution in [0.15, 0.2) is 29.1 Å². The molecule has 2 spiro atoms. The number of phenols is 1. The number of aromatic hydroxyl groups is 1. The first-order chi connectivity index (χ1) is 16.6. The molecule has 5 aliphatic rings. The first kappa shape index (κ1) is 21.1. The Morgan fingerprint density at radius 1 is 1.20 bits per heavy atom. The van der Waals surface area contributed by atoms with Crippen LogP contribution in [0.4, 0.5) is 0 Å². The fraction of sp³-hybridized carbons (Fsp3) is 0.500. The smallest absolute Gasteiger partial charge is 0.261 e. The van der Waals surface area contributed by atoms with Crippen molar-refractivity contribution in [3.63, 3.8) is 0 Å². The van der Waals surface area contributed by atoms with Crippen molar-refractivity contribution in [2.45, 2.75) is 60.6 Å². The third kappa shape index (κ3) is 2.29. The highest BCUT2D eigenvalue weighted by Crippen LogP contribution is 2.72. The van der Waals surface area contributed by atoms with E-state index in [1.54, 1.807) is 18.2 Å². The average molecular weight is 477 g/mol. The highest BCUT2D eigenvalue weighted by atomic mass is 16.3. The minimum Gasteiger partial charge on any atom is -0.508 e. The van der Waals surface area contributed by atoms with Gasteiger partial charge >= 0.3 is 0 Å². The Bertz CT molecular complexity index is 1400. The summed E-state index contributed by atoms with van der Waals surface area (Å²) in [5, 5.41) is 22.7. The SMILES string of the molecule is CN1CC23C[C@@]4(Cc5[nH]c(=O)c(C(=O)N6CCC[C@H]6C(N)=O)cc5CC4(O)C12)c1cc(O)ccc13. The lowest BCUT2D eigenvalue weighted by molar-refractivity contribution is -0.126. The average Bonchev–Trinajstić information content (AvgIpc) is 3.42. The number of aromatic amines is 1. The van der Waals surface area contributed by atoms with E-state index in [1.807, 2.05) is 13.1 Å². The Morgan fingerprint density at radius 3 is 2.74 bits per heavy atom. The molecule has 2 amide bonds. The van der Waals surface area contributed by atoms with E-state index in [-0.39, 0.29) is 22.8 Å². The van der Waals surface area contributed by atoms with E-state index in [4.69, 9.17) is 5.73 Å². The molecule has 7 rings (SSSR count). The van der Waals surface area contributed by atoms with Crippen LogP contribution in [0.25, 0.3) is 0 Å². The highest BCUT2D eigenvalue weighted by molar-refractivity contribution is 5.97. The van der Waals surface area contributed by atoms with Crippen molar-refractivity contribution in [1.82, 2.24) is 14.8 Å². The van der Waals surface area contributed by atoms with Crippen molar-refractivity contribution in [3.8, 4) is 5.75 Å². The number of carbonyl (C=O) groups excluding carboxylic acids is 2. The number of hydrogen-bond donors (Lipinski definition) is 4. The number of pyridine rings is 1. The van der Waals surface area contributed by atoms with Crippen LogP contribution < -0.4 is 11.3 Å². The Kier molecular flexibility index (Phi) is 3.82. The summed E-state index contributed by atoms with van der Waals surface area (Å²) in [4.78, 5) is 44.7. The van der Waals surface area contributed by atoms with Gasteiger partial charge in [-0.3, -0.25) is 19.3 Å². The summed E-state index contributed by atoms with van der Waals surface area (Å²) in [5.41, 5.74) is 6.70. The second-order valence-electron chi connectivity index (χ2n) is 11.3. The topological polar surface area (TPSA) is 140 Å². The van der Waals surface area contributed by atoms with Crippen molar-refractivity contribution in [1.29, 1.82) is 0 Å². The molecule has 35 heavy (non-hydrogen) atoms. The number of likely N-dealkylation sites (N-methyl/N-ethyl adjacent to an activating group) is 1. The molecule has 182 valence electrons. The Labute approximate surface area is 201 Å². The molecule has 5 N–H and O–H groups in total. The number of aliphatic hydroxyl groups is 1. The minimum absolute atomic E-state index is 0.0191. The number of phenolic OH excluding ortho intramolecular Hbond substituents is 1. The van der Waals surface area contributed by atoms with Crippen LogP contribution in [-0.2, 0) is 28.5 Å². The van der Waals surface area contributed by atoms with Gasteiger partial charge in [0.2, 0.25) is 5.91 Å². The van der Waals surface area contributed by atoms with Crippen LogP contribution >= 0.6 is 0 Å². The molecule has 2 saturated heterocycles. The predicted octanol–water partition coefficient (Wildman–Crippen LogP) is -0.0928. The molecule has 3 unspecified atom stereocenters. The van der Waals surface area contributed by atoms with E-state index in [0.717, 1.165) is 29.8 Å². The van der Waals surface area contributed by atoms with Crippen LogP contribution in [-0.4, -0.2) is 74.6 Å². The van der Waals surface area contributed by atoms with Gasteiger partial charge in [-0.15, -0.1) is 0 Å². The summed E-state index contributed by atoms with van der Waals surface area (Å²) in [7, 11) is 2.02. The molecule has 5 atom stereocenters. The number of hydrogen-bond acceptors (Lipinski definition) is 6. The van der Waals surface area contributed by atoms with E-state index in [9.17, 15) is 24.6 Å². The summed E-state index contributed by atoms with van der Waals surface area (Å²) in [6, 6.07) is 6.31. The normalized spacial score (nSPS) is 36.2. The third-order valence-corrected chi connectivity index (χ3v) is 9.68. The summed E-state index contributed by atoms with van der Waals surface area (Å²) in [6.07, 6.45) is 2.64. The molecular formula is C26H28N4O5. The minimum atomic E-state index is -1.10. The van der Waals surface area contributed by atoms with Crippen molar-refractivity contribution in [2.24, 2.45) is 5.73 Å². The Morgan fingerprint density at radius 2 is 2.00 bits per heavy atom. The second kappa shape index (κ2) is 6.33. The molecular weight excluding hydrogens is 448 g/mol. The molecule has 1 aromatic carbocycles. The van der Waals surface area contributed by atoms with Gasteiger partial charge in [0.25, 0.3) is 11.5 Å². The number of likely N-dealkylation sites (tertiary alicyclic amines) is 2. The molecule has 2 aliphatic heterocycles. The predicted molar refractivity (Wildman–Crippen MR) is 125 cm³/mol. The fourth-order valence-corrected chi connectivity index (χ4v) is 8.59. The van der Waals surface area contributed by atoms with Gasteiger partial charge in [-0.2, -0.15) is 0 Å². The molecule has 0 radical (unpaired) electrons. The zero-order valence-corrected chi connectivity index (χ0v) is 19.5. The van der Waals surface area contributed by atoms with Gasteiger partial charge in [0.1, 0.15) is 17.4 Å². The zero-order valence-electron chi connectivity index (χ0n) is 19.5. The van der Waals surface area contributed by atoms with Crippen molar-refractivity contribution < 1.29 is 19.8 Å². The monoisotopic (exact) mass is 476 g/mol. The lowest BCUT2D eigenvalue weighted by Gasteiger charge is -2.61. The number of nitrogens with one attached hydrogen (secondary N) is 1. The maximum absolute atomic E-state index is 13.3. The van der Waals surface area contributed by atoms with Crippen LogP contribution in [0, 0.1) is 0 Å². The number of nitrogens with zero attached hydrogens (tertiary/aromatic N) is 2. The highest BCUT2D eigenvalue weighted by Gasteiger charge is 2.80. The molecule has 9 heteroatoms. The molecule has 3 fully saturated rings. The third-order valence-electron chi connectivity index (χ3n) is 9.68. The number of carbonyl (C=O) groups is 2. The number of primary amides is 1. The zero-order chi connectivity index (χ0) is 24.5. The van der Waals surface area contributed by atoms with Crippen molar-refractivity contribution in [2.75, 3.05) is 20.1 Å². The number of benzene rings is 1. The standard InChI is InChI=1S/C26H28N4O5/c1-29-12-24-11-25(17-8-14(31)4-5-16(17)24)10-18-13(9-26(25,35)23(24)29)7-15(21(33)28-18)22(34)30-6-2-3-19(30)20(27)32/h4-5,7-8,19,23,31,35H,2-3,6,9-12H2,1H3,(H2,27,32)(H,28,33)/t19-,23?,24?,25-,26?/m0/s1. The summed E-state index contributed by atoms with van der Waals surface area (Å²) in [6.45, 7) is 1.21. The van der Waals surface area contributed by atoms with Gasteiger partial charge in [0.05, 0.1) is 11.6 Å². The van der Waals surface area contributed by atoms with Gasteiger partial charge in [-0.1, -0.05) is 6.07 Å². The van der Waals surface area contributed by atoms with E-state index in [0.29, 0.717) is 32.2 Å². The number of rotatable bonds is 2. The van der Waals surface area contributed by atoms with Crippen LogP contribution in [0.1, 0.15) is 52.0 Å². The molecule has 2 bridgehead atoms. The first-order valence-corrected chi connectivity index (χ1v) is 12.2. The molecule has 2 aromatic rings. The maximum Gasteiger partial charge on any atom is 0.261 e. The first-order valence-electron chi connectivity index (χ1n) is 12.2. The van der Waals surface area contributed by atoms with Crippen molar-refractivity contribution >= 4 is 11.8 Å². The lowest BCUT2D eigenvalue weighted by Crippen LogP contribution is -2.74. The summed E-state index contributed by atoms with van der Waals surface area (Å²) >= 11 is 0. The van der Waals surface area contributed by atoms with Gasteiger partial charge in [-0.25, -0.2) is 0 Å². The largest absolute Gasteiger partial charge is 0.508 e. The van der Waals surface area contributed by atoms with Gasteiger partial charge in [-0.05, 0) is 61.2 Å². The van der Waals surface area contributed by atoms with E-state index < -0.39 is 34.4 Å². The number of fused-ring (bicyclic) bond motifs is 3. The second-order valence-corrected chi connectivity index (χ2v) is 11.3. The summed E-state index contributed by atoms with van der Waals surface area (Å²) < 4.78 is 0. The molecule has 3 aliphatic carbocycles. The van der Waals surface area contributed by atoms with Gasteiger partial charge < -0.3 is 25.8 Å². The quantitative estimate of drug-likeness (QED) is 0.478. The molecule has 9 nitrogen and oxygen atoms in total. The van der Waals surface area contributed by atoms with E-state index in [1.165, 1.54) is 10.5 Å². The van der Waals surface area contributed by atoms with Crippen LogP contribution in [0.2, 0.25) is 0 Å². The molecule has 3 heterocycles. The van der Waals surface area contributed by atoms with Gasteiger partial charge in [0.15, 0.2) is 0 Å². The fourth-order valence-electron chi connectivity index (χ4n) is 8.59.